The standard InChI is InChI=1S/C24H28N6O3S2/c1-35(31,32)29-10-8-28(9-11-29)15-18-13-17-14-25-23(26-24(17)34-18)19-5-4-6-21-20(19)16-30(27-21)22-7-2-3-12-33-22/h4-6,13-14,16,22H,2-3,7-12,15H2,1H3. The van der Waals surface area contributed by atoms with Gasteiger partial charge in [0.25, 0.3) is 0 Å². The largest absolute Gasteiger partial charge is 0.357 e. The second kappa shape index (κ2) is 9.21. The summed E-state index contributed by atoms with van der Waals surface area (Å²) in [5, 5.41) is 6.83. The van der Waals surface area contributed by atoms with E-state index in [4.69, 9.17) is 14.8 Å². The van der Waals surface area contributed by atoms with Gasteiger partial charge in [0.05, 0.1) is 11.8 Å². The molecule has 0 saturated carbocycles. The van der Waals surface area contributed by atoms with E-state index in [1.165, 1.54) is 11.1 Å². The number of piperazine rings is 1. The molecule has 1 unspecified atom stereocenters. The minimum Gasteiger partial charge on any atom is -0.357 e. The lowest BCUT2D eigenvalue weighted by Crippen LogP contribution is -2.47. The van der Waals surface area contributed by atoms with Crippen LogP contribution >= 0.6 is 11.3 Å². The van der Waals surface area contributed by atoms with Crippen LogP contribution in [0, 0.1) is 0 Å². The number of benzene rings is 1. The number of rotatable bonds is 5. The van der Waals surface area contributed by atoms with Gasteiger partial charge in [0.15, 0.2) is 5.82 Å². The highest BCUT2D eigenvalue weighted by Gasteiger charge is 2.24. The first kappa shape index (κ1) is 23.0. The van der Waals surface area contributed by atoms with Gasteiger partial charge in [-0.15, -0.1) is 11.3 Å². The molecule has 2 aliphatic heterocycles. The minimum atomic E-state index is -3.12. The first-order chi connectivity index (χ1) is 16.9. The Kier molecular flexibility index (Phi) is 6.05. The normalized spacial score (nSPS) is 20.7. The quantitative estimate of drug-likeness (QED) is 0.404. The Bertz CT molecular complexity index is 1470. The van der Waals surface area contributed by atoms with E-state index in [0.717, 1.165) is 72.2 Å². The molecule has 184 valence electrons. The molecule has 5 heterocycles. The molecular weight excluding hydrogens is 484 g/mol. The van der Waals surface area contributed by atoms with Crippen LogP contribution in [0.2, 0.25) is 0 Å². The number of nitrogens with zero attached hydrogens (tertiary/aromatic N) is 6. The summed E-state index contributed by atoms with van der Waals surface area (Å²) in [6.07, 6.45) is 8.47. The zero-order valence-corrected chi connectivity index (χ0v) is 21.3. The Balaban J connectivity index is 1.24. The van der Waals surface area contributed by atoms with E-state index < -0.39 is 10.0 Å². The van der Waals surface area contributed by atoms with Crippen LogP contribution in [0.25, 0.3) is 32.5 Å². The first-order valence-corrected chi connectivity index (χ1v) is 14.6. The van der Waals surface area contributed by atoms with E-state index in [9.17, 15) is 8.42 Å². The van der Waals surface area contributed by atoms with Crippen LogP contribution in [0.15, 0.2) is 36.7 Å². The van der Waals surface area contributed by atoms with E-state index in [-0.39, 0.29) is 6.23 Å². The summed E-state index contributed by atoms with van der Waals surface area (Å²) in [5.74, 6) is 0.697. The van der Waals surface area contributed by atoms with Crippen LogP contribution in [-0.4, -0.2) is 76.4 Å². The van der Waals surface area contributed by atoms with Crippen molar-refractivity contribution < 1.29 is 13.2 Å². The summed E-state index contributed by atoms with van der Waals surface area (Å²) in [6.45, 7) is 4.11. The molecule has 0 bridgehead atoms. The smallest absolute Gasteiger partial charge is 0.211 e. The summed E-state index contributed by atoms with van der Waals surface area (Å²) >= 11 is 1.67. The van der Waals surface area contributed by atoms with Crippen molar-refractivity contribution in [3.05, 3.63) is 41.5 Å². The second-order valence-electron chi connectivity index (χ2n) is 9.27. The fraction of sp³-hybridized carbons (Fsp3) is 0.458. The van der Waals surface area contributed by atoms with Crippen molar-refractivity contribution in [3.63, 3.8) is 0 Å². The lowest BCUT2D eigenvalue weighted by Gasteiger charge is -2.32. The van der Waals surface area contributed by atoms with Crippen molar-refractivity contribution in [1.82, 2.24) is 29.0 Å². The number of sulfonamides is 1. The number of fused-ring (bicyclic) bond motifs is 2. The zero-order chi connectivity index (χ0) is 24.0. The molecule has 3 aromatic heterocycles. The third-order valence-electron chi connectivity index (χ3n) is 6.76. The monoisotopic (exact) mass is 512 g/mol. The predicted octanol–water partition coefficient (Wildman–Crippen LogP) is 3.48. The highest BCUT2D eigenvalue weighted by molar-refractivity contribution is 7.88. The van der Waals surface area contributed by atoms with Crippen molar-refractivity contribution in [3.8, 4) is 11.4 Å². The summed E-state index contributed by atoms with van der Waals surface area (Å²) in [6, 6.07) is 8.21. The van der Waals surface area contributed by atoms with Gasteiger partial charge in [-0.05, 0) is 31.4 Å². The number of ether oxygens (including phenoxy) is 1. The maximum atomic E-state index is 11.8. The molecule has 35 heavy (non-hydrogen) atoms. The average molecular weight is 513 g/mol. The predicted molar refractivity (Wildman–Crippen MR) is 137 cm³/mol. The Hall–Kier alpha value is -2.44. The Morgan fingerprint density at radius 1 is 1.17 bits per heavy atom. The maximum Gasteiger partial charge on any atom is 0.211 e. The Labute approximate surface area is 208 Å². The highest BCUT2D eigenvalue weighted by atomic mass is 32.2. The third kappa shape index (κ3) is 4.70. The van der Waals surface area contributed by atoms with Gasteiger partial charge in [0.1, 0.15) is 11.1 Å². The summed E-state index contributed by atoms with van der Waals surface area (Å²) in [7, 11) is -3.12. The van der Waals surface area contributed by atoms with Crippen LogP contribution in [0.4, 0.5) is 0 Å². The van der Waals surface area contributed by atoms with E-state index >= 15 is 0 Å². The second-order valence-corrected chi connectivity index (χ2v) is 12.4. The molecule has 1 aromatic carbocycles. The van der Waals surface area contributed by atoms with Gasteiger partial charge in [0.2, 0.25) is 10.0 Å². The van der Waals surface area contributed by atoms with Crippen molar-refractivity contribution in [2.75, 3.05) is 39.0 Å². The molecule has 9 nitrogen and oxygen atoms in total. The van der Waals surface area contributed by atoms with Crippen LogP contribution in [0.1, 0.15) is 30.4 Å². The van der Waals surface area contributed by atoms with Crippen molar-refractivity contribution in [1.29, 1.82) is 0 Å². The molecule has 2 aliphatic rings. The molecule has 0 spiro atoms. The topological polar surface area (TPSA) is 93.5 Å². The molecule has 0 radical (unpaired) electrons. The molecule has 6 rings (SSSR count). The van der Waals surface area contributed by atoms with Gasteiger partial charge in [-0.1, -0.05) is 12.1 Å². The van der Waals surface area contributed by atoms with Gasteiger partial charge in [-0.25, -0.2) is 23.1 Å². The van der Waals surface area contributed by atoms with Gasteiger partial charge >= 0.3 is 0 Å². The molecule has 0 aliphatic carbocycles. The van der Waals surface area contributed by atoms with Crippen LogP contribution in [0.5, 0.6) is 0 Å². The molecule has 0 N–H and O–H groups in total. The average Bonchev–Trinajstić information content (AvgIpc) is 3.47. The van der Waals surface area contributed by atoms with Gasteiger partial charge in [0, 0.05) is 72.9 Å². The number of hydrogen-bond donors (Lipinski definition) is 0. The summed E-state index contributed by atoms with van der Waals surface area (Å²) in [5.41, 5.74) is 1.89. The molecule has 0 amide bonds. The lowest BCUT2D eigenvalue weighted by atomic mass is 10.1. The summed E-state index contributed by atoms with van der Waals surface area (Å²) < 4.78 is 32.9. The molecule has 1 atom stereocenters. The number of aromatic nitrogens is 4. The molecule has 2 fully saturated rings. The fourth-order valence-corrected chi connectivity index (χ4v) is 6.74. The Morgan fingerprint density at radius 2 is 2.03 bits per heavy atom. The van der Waals surface area contributed by atoms with E-state index in [1.807, 2.05) is 29.1 Å². The molecule has 4 aromatic rings. The first-order valence-electron chi connectivity index (χ1n) is 12.0. The van der Waals surface area contributed by atoms with Crippen molar-refractivity contribution in [2.24, 2.45) is 0 Å². The summed E-state index contributed by atoms with van der Waals surface area (Å²) in [4.78, 5) is 14.1. The lowest BCUT2D eigenvalue weighted by molar-refractivity contribution is -0.0390. The van der Waals surface area contributed by atoms with E-state index in [0.29, 0.717) is 18.9 Å². The SMILES string of the molecule is CS(=O)(=O)N1CCN(Cc2cc3cnc(-c4cccc5nn(C6CCCCO6)cc45)nc3s2)CC1. The van der Waals surface area contributed by atoms with Gasteiger partial charge in [-0.2, -0.15) is 9.40 Å². The van der Waals surface area contributed by atoms with Gasteiger partial charge in [-0.3, -0.25) is 4.90 Å². The molecule has 11 heteroatoms. The highest BCUT2D eigenvalue weighted by Crippen LogP contribution is 2.32. The van der Waals surface area contributed by atoms with Crippen LogP contribution in [-0.2, 0) is 21.3 Å². The van der Waals surface area contributed by atoms with E-state index in [2.05, 4.69) is 22.1 Å². The third-order valence-corrected chi connectivity index (χ3v) is 9.10. The maximum absolute atomic E-state index is 11.8. The van der Waals surface area contributed by atoms with Crippen LogP contribution in [0.3, 0.4) is 0 Å². The zero-order valence-electron chi connectivity index (χ0n) is 19.6. The number of thiophene rings is 1. The molecular formula is C24H28N6O3S2. The number of hydrogen-bond acceptors (Lipinski definition) is 8. The van der Waals surface area contributed by atoms with E-state index in [1.54, 1.807) is 15.6 Å². The van der Waals surface area contributed by atoms with Crippen molar-refractivity contribution >= 4 is 42.5 Å². The molecule has 2 saturated heterocycles. The Morgan fingerprint density at radius 3 is 2.80 bits per heavy atom. The van der Waals surface area contributed by atoms with Crippen molar-refractivity contribution in [2.45, 2.75) is 32.0 Å². The van der Waals surface area contributed by atoms with Crippen LogP contribution < -0.4 is 0 Å². The minimum absolute atomic E-state index is 0.00782. The van der Waals surface area contributed by atoms with Gasteiger partial charge < -0.3 is 4.74 Å². The fourth-order valence-electron chi connectivity index (χ4n) is 4.87.